The van der Waals surface area contributed by atoms with Gasteiger partial charge in [-0.25, -0.2) is 0 Å². The van der Waals surface area contributed by atoms with E-state index in [9.17, 15) is 0 Å². The van der Waals surface area contributed by atoms with Crippen molar-refractivity contribution in [1.29, 1.82) is 0 Å². The second-order valence-corrected chi connectivity index (χ2v) is 4.75. The van der Waals surface area contributed by atoms with Gasteiger partial charge in [0.1, 0.15) is 11.2 Å². The average Bonchev–Trinajstić information content (AvgIpc) is 3.00. The quantitative estimate of drug-likeness (QED) is 0.542. The third kappa shape index (κ3) is 1.53. The molecule has 19 heavy (non-hydrogen) atoms. The number of aromatic amines is 2. The first kappa shape index (κ1) is 10.3. The smallest absolute Gasteiger partial charge is 0.135 e. The summed E-state index contributed by atoms with van der Waals surface area (Å²) in [6.07, 6.45) is 1.79. The topological polar surface area (TPSA) is 57.4 Å². The Balaban J connectivity index is 1.99. The number of H-pyrrole nitrogens is 2. The minimum absolute atomic E-state index is 0.865. The Kier molecular flexibility index (Phi) is 2.00. The third-order valence-electron chi connectivity index (χ3n) is 3.35. The van der Waals surface area contributed by atoms with E-state index in [0.29, 0.717) is 0 Å². The van der Waals surface area contributed by atoms with Gasteiger partial charge in [0, 0.05) is 17.1 Å². The number of nitrogens with one attached hydrogen (secondary N) is 2. The molecule has 0 radical (unpaired) electrons. The number of pyridine rings is 1. The normalized spacial score (nSPS) is 11.4. The van der Waals surface area contributed by atoms with Gasteiger partial charge < -0.3 is 4.98 Å². The SMILES string of the molecule is Cc1ccc2cc(-c3n[nH]c4cccnc34)[nH]c2c1. The van der Waals surface area contributed by atoms with E-state index in [0.717, 1.165) is 27.9 Å². The van der Waals surface area contributed by atoms with Crippen molar-refractivity contribution in [1.82, 2.24) is 20.2 Å². The highest BCUT2D eigenvalue weighted by molar-refractivity contribution is 5.93. The summed E-state index contributed by atoms with van der Waals surface area (Å²) in [5.74, 6) is 0. The second-order valence-electron chi connectivity index (χ2n) is 4.75. The van der Waals surface area contributed by atoms with Crippen LogP contribution in [0.25, 0.3) is 33.3 Å². The molecule has 2 N–H and O–H groups in total. The van der Waals surface area contributed by atoms with Gasteiger partial charge in [-0.1, -0.05) is 12.1 Å². The third-order valence-corrected chi connectivity index (χ3v) is 3.35. The minimum atomic E-state index is 0.865. The second kappa shape index (κ2) is 3.68. The van der Waals surface area contributed by atoms with Crippen molar-refractivity contribution in [3.8, 4) is 11.4 Å². The van der Waals surface area contributed by atoms with Crippen LogP contribution in [0.5, 0.6) is 0 Å². The fourth-order valence-electron chi connectivity index (χ4n) is 2.41. The van der Waals surface area contributed by atoms with Gasteiger partial charge in [0.15, 0.2) is 0 Å². The summed E-state index contributed by atoms with van der Waals surface area (Å²) in [7, 11) is 0. The number of fused-ring (bicyclic) bond motifs is 2. The van der Waals surface area contributed by atoms with Crippen LogP contribution in [0.15, 0.2) is 42.6 Å². The molecular weight excluding hydrogens is 236 g/mol. The van der Waals surface area contributed by atoms with Gasteiger partial charge in [-0.15, -0.1) is 0 Å². The molecule has 1 aromatic carbocycles. The van der Waals surface area contributed by atoms with E-state index < -0.39 is 0 Å². The van der Waals surface area contributed by atoms with Crippen LogP contribution in [0.3, 0.4) is 0 Å². The lowest BCUT2D eigenvalue weighted by Crippen LogP contribution is -1.80. The Morgan fingerprint density at radius 1 is 1.05 bits per heavy atom. The summed E-state index contributed by atoms with van der Waals surface area (Å²) in [6.45, 7) is 2.09. The number of hydrogen-bond acceptors (Lipinski definition) is 2. The molecular formula is C15H12N4. The highest BCUT2D eigenvalue weighted by atomic mass is 15.1. The van der Waals surface area contributed by atoms with Crippen LogP contribution < -0.4 is 0 Å². The first-order chi connectivity index (χ1) is 9.31. The number of rotatable bonds is 1. The molecule has 0 unspecified atom stereocenters. The van der Waals surface area contributed by atoms with Crippen molar-refractivity contribution in [2.75, 3.05) is 0 Å². The Bertz CT molecular complexity index is 885. The van der Waals surface area contributed by atoms with Crippen LogP contribution in [0, 0.1) is 6.92 Å². The van der Waals surface area contributed by atoms with Crippen LogP contribution in [-0.2, 0) is 0 Å². The Hall–Kier alpha value is -2.62. The maximum atomic E-state index is 4.39. The van der Waals surface area contributed by atoms with Crippen molar-refractivity contribution in [2.45, 2.75) is 6.92 Å². The molecule has 4 heteroatoms. The van der Waals surface area contributed by atoms with Gasteiger partial charge >= 0.3 is 0 Å². The number of aromatic nitrogens is 4. The highest BCUT2D eigenvalue weighted by Crippen LogP contribution is 2.27. The molecule has 0 saturated heterocycles. The van der Waals surface area contributed by atoms with Gasteiger partial charge in [-0.05, 0) is 36.8 Å². The zero-order valence-corrected chi connectivity index (χ0v) is 10.4. The van der Waals surface area contributed by atoms with Crippen LogP contribution in [0.1, 0.15) is 5.56 Å². The first-order valence-corrected chi connectivity index (χ1v) is 6.20. The minimum Gasteiger partial charge on any atom is -0.353 e. The lowest BCUT2D eigenvalue weighted by Gasteiger charge is -1.92. The molecule has 3 heterocycles. The fourth-order valence-corrected chi connectivity index (χ4v) is 2.41. The molecule has 4 rings (SSSR count). The Morgan fingerprint density at radius 2 is 2.00 bits per heavy atom. The molecule has 0 atom stereocenters. The molecule has 3 aromatic heterocycles. The number of nitrogens with zero attached hydrogens (tertiary/aromatic N) is 2. The number of hydrogen-bond donors (Lipinski definition) is 2. The van der Waals surface area contributed by atoms with E-state index in [2.05, 4.69) is 51.4 Å². The summed E-state index contributed by atoms with van der Waals surface area (Å²) >= 11 is 0. The lowest BCUT2D eigenvalue weighted by atomic mass is 10.2. The average molecular weight is 248 g/mol. The van der Waals surface area contributed by atoms with Gasteiger partial charge in [0.2, 0.25) is 0 Å². The van der Waals surface area contributed by atoms with Crippen molar-refractivity contribution in [3.63, 3.8) is 0 Å². The van der Waals surface area contributed by atoms with Crippen LogP contribution >= 0.6 is 0 Å². The summed E-state index contributed by atoms with van der Waals surface area (Å²) in [5, 5.41) is 8.56. The summed E-state index contributed by atoms with van der Waals surface area (Å²) in [5.41, 5.74) is 6.07. The predicted octanol–water partition coefficient (Wildman–Crippen LogP) is 3.41. The molecule has 0 spiro atoms. The van der Waals surface area contributed by atoms with Crippen LogP contribution in [-0.4, -0.2) is 20.2 Å². The van der Waals surface area contributed by atoms with Crippen LogP contribution in [0.2, 0.25) is 0 Å². The van der Waals surface area contributed by atoms with Gasteiger partial charge in [-0.2, -0.15) is 5.10 Å². The molecule has 4 nitrogen and oxygen atoms in total. The molecule has 0 aliphatic carbocycles. The molecule has 0 aliphatic heterocycles. The fraction of sp³-hybridized carbons (Fsp3) is 0.0667. The largest absolute Gasteiger partial charge is 0.353 e. The number of benzene rings is 1. The van der Waals surface area contributed by atoms with E-state index in [-0.39, 0.29) is 0 Å². The summed E-state index contributed by atoms with van der Waals surface area (Å²) in [4.78, 5) is 7.80. The molecule has 0 saturated carbocycles. The van der Waals surface area contributed by atoms with Crippen molar-refractivity contribution >= 4 is 21.9 Å². The lowest BCUT2D eigenvalue weighted by molar-refractivity contribution is 1.12. The molecule has 0 bridgehead atoms. The van der Waals surface area contributed by atoms with E-state index >= 15 is 0 Å². The van der Waals surface area contributed by atoms with Gasteiger partial charge in [-0.3, -0.25) is 10.1 Å². The van der Waals surface area contributed by atoms with E-state index in [1.54, 1.807) is 6.20 Å². The van der Waals surface area contributed by atoms with Crippen LogP contribution in [0.4, 0.5) is 0 Å². The molecule has 0 aliphatic rings. The zero-order chi connectivity index (χ0) is 12.8. The Morgan fingerprint density at radius 3 is 2.95 bits per heavy atom. The highest BCUT2D eigenvalue weighted by Gasteiger charge is 2.11. The predicted molar refractivity (Wildman–Crippen MR) is 75.9 cm³/mol. The molecule has 0 fully saturated rings. The number of aryl methyl sites for hydroxylation is 1. The van der Waals surface area contributed by atoms with Crippen molar-refractivity contribution < 1.29 is 0 Å². The van der Waals surface area contributed by atoms with Crippen molar-refractivity contribution in [2.24, 2.45) is 0 Å². The maximum absolute atomic E-state index is 4.39. The van der Waals surface area contributed by atoms with E-state index in [1.165, 1.54) is 10.9 Å². The Labute approximate surface area is 109 Å². The monoisotopic (exact) mass is 248 g/mol. The van der Waals surface area contributed by atoms with Gasteiger partial charge in [0.25, 0.3) is 0 Å². The molecule has 4 aromatic rings. The van der Waals surface area contributed by atoms with Crippen molar-refractivity contribution in [3.05, 3.63) is 48.2 Å². The molecule has 0 amide bonds. The van der Waals surface area contributed by atoms with E-state index in [1.807, 2.05) is 12.1 Å². The standard InChI is InChI=1S/C15H12N4/c1-9-4-5-10-8-13(17-12(10)7-9)15-14-11(18-19-15)3-2-6-16-14/h2-8,17H,1H3,(H,18,19). The zero-order valence-electron chi connectivity index (χ0n) is 10.4. The maximum Gasteiger partial charge on any atom is 0.135 e. The molecule has 92 valence electrons. The van der Waals surface area contributed by atoms with E-state index in [4.69, 9.17) is 0 Å². The van der Waals surface area contributed by atoms with Gasteiger partial charge in [0.05, 0.1) is 11.2 Å². The first-order valence-electron chi connectivity index (χ1n) is 6.20. The summed E-state index contributed by atoms with van der Waals surface area (Å²) < 4.78 is 0. The summed E-state index contributed by atoms with van der Waals surface area (Å²) in [6, 6.07) is 12.4.